The molecule has 4 aliphatic carbocycles. The molecule has 232 valence electrons. The van der Waals surface area contributed by atoms with Crippen molar-refractivity contribution in [1.29, 1.82) is 5.26 Å². The normalized spacial score (nSPS) is 44.6. The second kappa shape index (κ2) is 10.1. The topological polar surface area (TPSA) is 92.0 Å². The van der Waals surface area contributed by atoms with Crippen LogP contribution in [0.25, 0.3) is 0 Å². The highest BCUT2D eigenvalue weighted by atomic mass is 16.5. The van der Waals surface area contributed by atoms with Gasteiger partial charge < -0.3 is 9.47 Å². The van der Waals surface area contributed by atoms with Crippen LogP contribution in [0.2, 0.25) is 0 Å². The van der Waals surface area contributed by atoms with E-state index < -0.39 is 17.1 Å². The van der Waals surface area contributed by atoms with Gasteiger partial charge in [-0.1, -0.05) is 46.8 Å². The number of nitriles is 1. The van der Waals surface area contributed by atoms with Crippen LogP contribution >= 0.6 is 0 Å². The molecular formula is C35H53N3O4. The van der Waals surface area contributed by atoms with Gasteiger partial charge >= 0.3 is 5.97 Å². The van der Waals surface area contributed by atoms with Crippen LogP contribution in [0.5, 0.6) is 0 Å². The molecule has 4 fully saturated rings. The number of amides is 1. The lowest BCUT2D eigenvalue weighted by Crippen LogP contribution is -2.66. The molecule has 1 heterocycles. The Morgan fingerprint density at radius 1 is 1.10 bits per heavy atom. The lowest BCUT2D eigenvalue weighted by Gasteiger charge is -2.71. The van der Waals surface area contributed by atoms with E-state index in [0.29, 0.717) is 30.1 Å². The van der Waals surface area contributed by atoms with E-state index in [2.05, 4.69) is 59.3 Å². The van der Waals surface area contributed by atoms with Gasteiger partial charge in [0, 0.05) is 25.7 Å². The van der Waals surface area contributed by atoms with Crippen molar-refractivity contribution < 1.29 is 19.1 Å². The van der Waals surface area contributed by atoms with Gasteiger partial charge in [-0.3, -0.25) is 9.59 Å². The molecule has 7 nitrogen and oxygen atoms in total. The summed E-state index contributed by atoms with van der Waals surface area (Å²) in [5.41, 5.74) is 0.168. The summed E-state index contributed by atoms with van der Waals surface area (Å²) in [6.45, 7) is 21.7. The van der Waals surface area contributed by atoms with Crippen molar-refractivity contribution >= 4 is 17.8 Å². The molecule has 0 aromatic rings. The molecule has 1 aliphatic heterocycles. The summed E-state index contributed by atoms with van der Waals surface area (Å²) in [6, 6.07) is 2.61. The van der Waals surface area contributed by atoms with Gasteiger partial charge in [0.1, 0.15) is 0 Å². The minimum Gasteiger partial charge on any atom is -0.469 e. The highest BCUT2D eigenvalue weighted by molar-refractivity contribution is 5.81. The third-order valence-electron chi connectivity index (χ3n) is 14.0. The number of ether oxygens (including phenoxy) is 2. The standard InChI is InChI=1S/C35H53N3O4/c1-21(2)24-13-16-35(30(40)41-10)18-17-33(8)25(28(24)35)11-12-27-32(7,19-20-36)26(14-15-34(27,33)9)31(5,6)29-38(23(4)39)37-22(3)42-29/h24-29H,1,11-19H2,2-10H3/t24-,25+,26-,27+,28+,29+,32-,33+,34+,35-/m0/s1. The van der Waals surface area contributed by atoms with Crippen molar-refractivity contribution in [3.63, 3.8) is 0 Å². The van der Waals surface area contributed by atoms with Gasteiger partial charge in [0.05, 0.1) is 18.6 Å². The summed E-state index contributed by atoms with van der Waals surface area (Å²) in [7, 11) is 1.55. The van der Waals surface area contributed by atoms with Gasteiger partial charge in [0.2, 0.25) is 18.0 Å². The maximum Gasteiger partial charge on any atom is 0.312 e. The van der Waals surface area contributed by atoms with Crippen LogP contribution in [0.15, 0.2) is 17.3 Å². The molecule has 0 aromatic heterocycles. The molecule has 5 rings (SSSR count). The van der Waals surface area contributed by atoms with Crippen molar-refractivity contribution in [1.82, 2.24) is 5.01 Å². The Balaban J connectivity index is 1.55. The Hall–Kier alpha value is -2.36. The number of carbonyl (C=O) groups excluding carboxylic acids is 2. The van der Waals surface area contributed by atoms with Crippen LogP contribution in [0.1, 0.15) is 113 Å². The fourth-order valence-electron chi connectivity index (χ4n) is 12.0. The summed E-state index contributed by atoms with van der Waals surface area (Å²) < 4.78 is 11.7. The van der Waals surface area contributed by atoms with E-state index in [1.54, 1.807) is 21.0 Å². The Labute approximate surface area is 253 Å². The minimum absolute atomic E-state index is 0.0157. The van der Waals surface area contributed by atoms with Crippen LogP contribution in [0, 0.1) is 68.0 Å². The number of methoxy groups -OCH3 is 1. The van der Waals surface area contributed by atoms with Gasteiger partial charge in [-0.15, -0.1) is 5.10 Å². The van der Waals surface area contributed by atoms with E-state index in [1.807, 2.05) is 0 Å². The minimum atomic E-state index is -0.487. The third kappa shape index (κ3) is 3.98. The molecule has 0 radical (unpaired) electrons. The molecule has 10 atom stereocenters. The van der Waals surface area contributed by atoms with Gasteiger partial charge in [-0.2, -0.15) is 10.3 Å². The summed E-state index contributed by atoms with van der Waals surface area (Å²) >= 11 is 0. The Kier molecular flexibility index (Phi) is 7.47. The zero-order chi connectivity index (χ0) is 31.0. The third-order valence-corrected chi connectivity index (χ3v) is 14.0. The Morgan fingerprint density at radius 3 is 2.38 bits per heavy atom. The quantitative estimate of drug-likeness (QED) is 0.249. The zero-order valence-electron chi connectivity index (χ0n) is 27.5. The van der Waals surface area contributed by atoms with Crippen molar-refractivity contribution in [3.05, 3.63) is 12.2 Å². The maximum atomic E-state index is 13.5. The molecule has 0 aromatic carbocycles. The van der Waals surface area contributed by atoms with E-state index in [1.165, 1.54) is 10.6 Å². The van der Waals surface area contributed by atoms with E-state index in [9.17, 15) is 14.9 Å². The van der Waals surface area contributed by atoms with Crippen molar-refractivity contribution in [3.8, 4) is 6.07 Å². The van der Waals surface area contributed by atoms with Crippen LogP contribution in [0.4, 0.5) is 0 Å². The fourth-order valence-corrected chi connectivity index (χ4v) is 12.0. The molecule has 7 heteroatoms. The average Bonchev–Trinajstić information content (AvgIpc) is 3.51. The molecule has 0 N–H and O–H groups in total. The highest BCUT2D eigenvalue weighted by Gasteiger charge is 2.72. The number of hydrazone groups is 1. The predicted molar refractivity (Wildman–Crippen MR) is 162 cm³/mol. The summed E-state index contributed by atoms with van der Waals surface area (Å²) in [6.07, 6.45) is 7.88. The summed E-state index contributed by atoms with van der Waals surface area (Å²) in [5, 5.41) is 16.2. The van der Waals surface area contributed by atoms with Crippen LogP contribution < -0.4 is 0 Å². The number of esters is 1. The molecule has 5 aliphatic rings. The lowest BCUT2D eigenvalue weighted by molar-refractivity contribution is -0.238. The average molecular weight is 580 g/mol. The molecular weight excluding hydrogens is 526 g/mol. The lowest BCUT2D eigenvalue weighted by atomic mass is 9.33. The van der Waals surface area contributed by atoms with Gasteiger partial charge in [-0.25, -0.2) is 0 Å². The van der Waals surface area contributed by atoms with E-state index in [4.69, 9.17) is 9.47 Å². The number of hydrogen-bond acceptors (Lipinski definition) is 6. The monoisotopic (exact) mass is 579 g/mol. The zero-order valence-corrected chi connectivity index (χ0v) is 27.5. The number of fused-ring (bicyclic) bond motifs is 5. The smallest absolute Gasteiger partial charge is 0.312 e. The van der Waals surface area contributed by atoms with Gasteiger partial charge in [0.15, 0.2) is 0 Å². The number of allylic oxidation sites excluding steroid dienone is 1. The first-order valence-corrected chi connectivity index (χ1v) is 16.2. The second-order valence-electron chi connectivity index (χ2n) is 15.9. The first-order valence-electron chi connectivity index (χ1n) is 16.2. The van der Waals surface area contributed by atoms with Crippen LogP contribution in [-0.4, -0.2) is 36.1 Å². The van der Waals surface area contributed by atoms with E-state index in [0.717, 1.165) is 51.4 Å². The Morgan fingerprint density at radius 2 is 1.79 bits per heavy atom. The maximum absolute atomic E-state index is 13.5. The molecule has 42 heavy (non-hydrogen) atoms. The molecule has 1 amide bonds. The SMILES string of the molecule is C=C(C)[C@@H]1CC[C@]2(C(=O)OC)CC[C@]3(C)[C@H](CC[C@@H]4[C@@](C)(CC#N)[C@H](C(C)(C)[C@H]5OC(C)=NN5C(C)=O)CC[C@]43C)[C@@H]12. The number of carbonyl (C=O) groups is 2. The van der Waals surface area contributed by atoms with Crippen molar-refractivity contribution in [2.45, 2.75) is 119 Å². The molecule has 4 saturated carbocycles. The molecule has 0 spiro atoms. The largest absolute Gasteiger partial charge is 0.469 e. The van der Waals surface area contributed by atoms with Crippen molar-refractivity contribution in [2.75, 3.05) is 7.11 Å². The fraction of sp³-hybridized carbons (Fsp3) is 0.829. The first kappa shape index (κ1) is 31.1. The Bertz CT molecular complexity index is 1230. The highest BCUT2D eigenvalue weighted by Crippen LogP contribution is 2.77. The van der Waals surface area contributed by atoms with E-state index in [-0.39, 0.29) is 40.0 Å². The molecule has 0 bridgehead atoms. The summed E-state index contributed by atoms with van der Waals surface area (Å²) in [4.78, 5) is 26.1. The summed E-state index contributed by atoms with van der Waals surface area (Å²) in [5.74, 6) is 1.89. The number of rotatable bonds is 5. The van der Waals surface area contributed by atoms with Crippen LogP contribution in [-0.2, 0) is 19.1 Å². The molecule has 0 saturated heterocycles. The van der Waals surface area contributed by atoms with E-state index >= 15 is 0 Å². The number of nitrogens with zero attached hydrogens (tertiary/aromatic N) is 3. The van der Waals surface area contributed by atoms with Gasteiger partial charge in [-0.05, 0) is 104 Å². The first-order chi connectivity index (χ1) is 19.5. The van der Waals surface area contributed by atoms with Crippen LogP contribution in [0.3, 0.4) is 0 Å². The van der Waals surface area contributed by atoms with Gasteiger partial charge in [0.25, 0.3) is 0 Å². The van der Waals surface area contributed by atoms with Crippen molar-refractivity contribution in [2.24, 2.45) is 61.8 Å². The second-order valence-corrected chi connectivity index (χ2v) is 15.9. The number of hydrogen-bond donors (Lipinski definition) is 0. The predicted octanol–water partition coefficient (Wildman–Crippen LogP) is 7.48. The molecule has 0 unspecified atom stereocenters.